The van der Waals surface area contributed by atoms with Crippen molar-refractivity contribution in [3.63, 3.8) is 0 Å². The average Bonchev–Trinajstić information content (AvgIpc) is 3.05. The van der Waals surface area contributed by atoms with Crippen LogP contribution in [0.5, 0.6) is 5.75 Å². The van der Waals surface area contributed by atoms with Gasteiger partial charge in [0.15, 0.2) is 0 Å². The standard InChI is InChI=1S/C17H19N3O3S2/c1-23-13-7-9-14(10-8-13)25(21,22)19-12-4-11-18-17-15-5-2-3-6-16(15)24-20-17/h2-3,5-10,19H,4,11-12H2,1H3,(H,18,20). The molecule has 1 heterocycles. The van der Waals surface area contributed by atoms with E-state index < -0.39 is 10.0 Å². The number of methoxy groups -OCH3 is 1. The SMILES string of the molecule is COc1ccc(S(=O)(=O)NCCCNc2nsc3ccccc23)cc1. The highest BCUT2D eigenvalue weighted by atomic mass is 32.2. The number of anilines is 1. The van der Waals surface area contributed by atoms with Gasteiger partial charge in [0.05, 0.1) is 16.7 Å². The van der Waals surface area contributed by atoms with Gasteiger partial charge < -0.3 is 10.1 Å². The molecule has 0 unspecified atom stereocenters. The Hall–Kier alpha value is -2.16. The van der Waals surface area contributed by atoms with Crippen LogP contribution in [0.15, 0.2) is 53.4 Å². The van der Waals surface area contributed by atoms with Crippen molar-refractivity contribution >= 4 is 37.5 Å². The van der Waals surface area contributed by atoms with Gasteiger partial charge in [0.2, 0.25) is 10.0 Å². The first-order chi connectivity index (χ1) is 12.1. The molecule has 132 valence electrons. The third-order valence-electron chi connectivity index (χ3n) is 3.69. The van der Waals surface area contributed by atoms with Crippen molar-refractivity contribution in [3.05, 3.63) is 48.5 Å². The van der Waals surface area contributed by atoms with Crippen molar-refractivity contribution in [1.82, 2.24) is 9.10 Å². The van der Waals surface area contributed by atoms with Gasteiger partial charge in [-0.05, 0) is 54.4 Å². The van der Waals surface area contributed by atoms with E-state index >= 15 is 0 Å². The Morgan fingerprint density at radius 1 is 1.08 bits per heavy atom. The lowest BCUT2D eigenvalue weighted by molar-refractivity contribution is 0.414. The summed E-state index contributed by atoms with van der Waals surface area (Å²) in [6, 6.07) is 14.3. The molecule has 0 aliphatic heterocycles. The molecule has 1 aromatic heterocycles. The molecule has 0 saturated heterocycles. The van der Waals surface area contributed by atoms with Crippen molar-refractivity contribution in [2.75, 3.05) is 25.5 Å². The first kappa shape index (κ1) is 17.7. The molecule has 0 spiro atoms. The number of rotatable bonds is 8. The maximum Gasteiger partial charge on any atom is 0.240 e. The second kappa shape index (κ2) is 7.81. The second-order valence-electron chi connectivity index (χ2n) is 5.38. The molecule has 0 aliphatic carbocycles. The Morgan fingerprint density at radius 3 is 2.60 bits per heavy atom. The molecule has 0 atom stereocenters. The third-order valence-corrected chi connectivity index (χ3v) is 5.99. The number of ether oxygens (including phenoxy) is 1. The summed E-state index contributed by atoms with van der Waals surface area (Å²) >= 11 is 1.45. The van der Waals surface area contributed by atoms with Gasteiger partial charge in [0.1, 0.15) is 11.6 Å². The molecule has 2 aromatic carbocycles. The molecule has 25 heavy (non-hydrogen) atoms. The van der Waals surface area contributed by atoms with Gasteiger partial charge in [-0.15, -0.1) is 0 Å². The van der Waals surface area contributed by atoms with Gasteiger partial charge in [-0.3, -0.25) is 0 Å². The van der Waals surface area contributed by atoms with E-state index in [0.29, 0.717) is 25.3 Å². The molecule has 0 amide bonds. The molecule has 6 nitrogen and oxygen atoms in total. The van der Waals surface area contributed by atoms with Gasteiger partial charge in [0.25, 0.3) is 0 Å². The molecule has 3 rings (SSSR count). The fourth-order valence-electron chi connectivity index (χ4n) is 2.35. The molecule has 0 bridgehead atoms. The van der Waals surface area contributed by atoms with Gasteiger partial charge in [-0.25, -0.2) is 13.1 Å². The Kier molecular flexibility index (Phi) is 5.52. The molecule has 3 aromatic rings. The van der Waals surface area contributed by atoms with E-state index in [-0.39, 0.29) is 4.90 Å². The predicted molar refractivity (Wildman–Crippen MR) is 101 cm³/mol. The highest BCUT2D eigenvalue weighted by Crippen LogP contribution is 2.25. The molecule has 0 radical (unpaired) electrons. The minimum absolute atomic E-state index is 0.228. The van der Waals surface area contributed by atoms with Crippen LogP contribution >= 0.6 is 11.5 Å². The van der Waals surface area contributed by atoms with Crippen LogP contribution in [0, 0.1) is 0 Å². The molecule has 0 saturated carbocycles. The number of benzene rings is 2. The van der Waals surface area contributed by atoms with Gasteiger partial charge in [-0.2, -0.15) is 4.37 Å². The number of fused-ring (bicyclic) bond motifs is 1. The summed E-state index contributed by atoms with van der Waals surface area (Å²) in [5, 5.41) is 4.35. The highest BCUT2D eigenvalue weighted by Gasteiger charge is 2.13. The van der Waals surface area contributed by atoms with Crippen LogP contribution in [0.4, 0.5) is 5.82 Å². The number of hydrogen-bond acceptors (Lipinski definition) is 6. The minimum Gasteiger partial charge on any atom is -0.497 e. The first-order valence-electron chi connectivity index (χ1n) is 7.82. The summed E-state index contributed by atoms with van der Waals surface area (Å²) in [6.45, 7) is 0.988. The van der Waals surface area contributed by atoms with Crippen LogP contribution in [-0.4, -0.2) is 33.0 Å². The average molecular weight is 377 g/mol. The minimum atomic E-state index is -3.50. The third kappa shape index (κ3) is 4.28. The van der Waals surface area contributed by atoms with E-state index in [1.54, 1.807) is 19.2 Å². The highest BCUT2D eigenvalue weighted by molar-refractivity contribution is 7.89. The number of hydrogen-bond donors (Lipinski definition) is 2. The fourth-order valence-corrected chi connectivity index (χ4v) is 4.18. The summed E-state index contributed by atoms with van der Waals surface area (Å²) in [7, 11) is -1.96. The van der Waals surface area contributed by atoms with Crippen molar-refractivity contribution in [2.45, 2.75) is 11.3 Å². The molecular weight excluding hydrogens is 358 g/mol. The lowest BCUT2D eigenvalue weighted by Gasteiger charge is -2.08. The lowest BCUT2D eigenvalue weighted by Crippen LogP contribution is -2.26. The van der Waals surface area contributed by atoms with Crippen molar-refractivity contribution in [1.29, 1.82) is 0 Å². The van der Waals surface area contributed by atoms with Crippen LogP contribution in [0.3, 0.4) is 0 Å². The molecule has 0 fully saturated rings. The van der Waals surface area contributed by atoms with Crippen molar-refractivity contribution < 1.29 is 13.2 Å². The van der Waals surface area contributed by atoms with E-state index in [1.165, 1.54) is 23.7 Å². The van der Waals surface area contributed by atoms with Gasteiger partial charge >= 0.3 is 0 Å². The van der Waals surface area contributed by atoms with Crippen LogP contribution in [-0.2, 0) is 10.0 Å². The summed E-state index contributed by atoms with van der Waals surface area (Å²) < 4.78 is 37.6. The topological polar surface area (TPSA) is 80.3 Å². The molecule has 0 aliphatic rings. The zero-order valence-corrected chi connectivity index (χ0v) is 15.4. The summed E-state index contributed by atoms with van der Waals surface area (Å²) in [5.41, 5.74) is 0. The maximum atomic E-state index is 12.2. The second-order valence-corrected chi connectivity index (χ2v) is 7.95. The van der Waals surface area contributed by atoms with E-state index in [0.717, 1.165) is 15.9 Å². The zero-order valence-electron chi connectivity index (χ0n) is 13.7. The van der Waals surface area contributed by atoms with E-state index in [1.807, 2.05) is 24.3 Å². The summed E-state index contributed by atoms with van der Waals surface area (Å²) in [4.78, 5) is 0.228. The van der Waals surface area contributed by atoms with Gasteiger partial charge in [0, 0.05) is 18.5 Å². The number of nitrogens with one attached hydrogen (secondary N) is 2. The van der Waals surface area contributed by atoms with E-state index in [4.69, 9.17) is 4.74 Å². The van der Waals surface area contributed by atoms with E-state index in [9.17, 15) is 8.42 Å². The lowest BCUT2D eigenvalue weighted by atomic mass is 10.2. The summed E-state index contributed by atoms with van der Waals surface area (Å²) in [6.07, 6.45) is 0.654. The molecule has 2 N–H and O–H groups in total. The largest absolute Gasteiger partial charge is 0.497 e. The monoisotopic (exact) mass is 377 g/mol. The quantitative estimate of drug-likeness (QED) is 0.590. The Labute approximate surface area is 151 Å². The fraction of sp³-hybridized carbons (Fsp3) is 0.235. The Morgan fingerprint density at radius 2 is 1.84 bits per heavy atom. The Balaban J connectivity index is 1.49. The number of nitrogens with zero attached hydrogens (tertiary/aromatic N) is 1. The van der Waals surface area contributed by atoms with Gasteiger partial charge in [-0.1, -0.05) is 12.1 Å². The van der Waals surface area contributed by atoms with Crippen molar-refractivity contribution in [2.24, 2.45) is 0 Å². The normalized spacial score (nSPS) is 11.6. The van der Waals surface area contributed by atoms with Crippen molar-refractivity contribution in [3.8, 4) is 5.75 Å². The van der Waals surface area contributed by atoms with Crippen LogP contribution in [0.25, 0.3) is 10.1 Å². The van der Waals surface area contributed by atoms with Crippen LogP contribution in [0.2, 0.25) is 0 Å². The number of aromatic nitrogens is 1. The van der Waals surface area contributed by atoms with E-state index in [2.05, 4.69) is 14.4 Å². The smallest absolute Gasteiger partial charge is 0.240 e. The first-order valence-corrected chi connectivity index (χ1v) is 10.1. The Bertz CT molecular complexity index is 937. The number of sulfonamides is 1. The molecular formula is C17H19N3O3S2. The van der Waals surface area contributed by atoms with Crippen LogP contribution in [0.1, 0.15) is 6.42 Å². The van der Waals surface area contributed by atoms with Crippen LogP contribution < -0.4 is 14.8 Å². The summed E-state index contributed by atoms with van der Waals surface area (Å²) in [5.74, 6) is 1.47. The predicted octanol–water partition coefficient (Wildman–Crippen LogP) is 3.09. The molecule has 8 heteroatoms. The maximum absolute atomic E-state index is 12.2. The zero-order chi connectivity index (χ0) is 17.7.